The molecule has 1 unspecified atom stereocenters. The summed E-state index contributed by atoms with van der Waals surface area (Å²) >= 11 is 1.68. The number of thiophene rings is 1. The third-order valence-corrected chi connectivity index (χ3v) is 3.24. The maximum atomic E-state index is 11.5. The van der Waals surface area contributed by atoms with Crippen LogP contribution in [0.1, 0.15) is 11.3 Å². The van der Waals surface area contributed by atoms with Gasteiger partial charge in [-0.1, -0.05) is 6.07 Å². The summed E-state index contributed by atoms with van der Waals surface area (Å²) < 4.78 is 0. The van der Waals surface area contributed by atoms with Crippen molar-refractivity contribution in [1.29, 1.82) is 0 Å². The van der Waals surface area contributed by atoms with Crippen LogP contribution >= 0.6 is 11.3 Å². The lowest BCUT2D eigenvalue weighted by molar-refractivity contribution is -0.128. The predicted molar refractivity (Wildman–Crippen MR) is 56.7 cm³/mol. The van der Waals surface area contributed by atoms with E-state index in [-0.39, 0.29) is 11.8 Å². The molecule has 1 aliphatic rings. The second-order valence-electron chi connectivity index (χ2n) is 3.42. The Morgan fingerprint density at radius 3 is 3.14 bits per heavy atom. The number of hydrogen-bond donors (Lipinski definition) is 0. The first-order valence-corrected chi connectivity index (χ1v) is 5.44. The molecule has 1 aliphatic heterocycles. The fourth-order valence-electron chi connectivity index (χ4n) is 1.63. The molecule has 0 spiro atoms. The summed E-state index contributed by atoms with van der Waals surface area (Å²) in [4.78, 5) is 14.6. The molecule has 2 nitrogen and oxygen atoms in total. The first-order valence-electron chi connectivity index (χ1n) is 4.56. The second kappa shape index (κ2) is 3.85. The fraction of sp³-hybridized carbons (Fsp3) is 0.364. The molecule has 1 saturated heterocycles. The van der Waals surface area contributed by atoms with Crippen molar-refractivity contribution in [3.8, 4) is 12.3 Å². The standard InChI is InChI=1S/C11H11NOS/c1-2-9-6-11(13)12(7-9)8-10-4-3-5-14-10/h1,3-5,9H,6-8H2. The number of carbonyl (C=O) groups excluding carboxylic acids is 1. The van der Waals surface area contributed by atoms with Gasteiger partial charge in [0.25, 0.3) is 0 Å². The Morgan fingerprint density at radius 2 is 2.57 bits per heavy atom. The lowest BCUT2D eigenvalue weighted by Crippen LogP contribution is -2.23. The van der Waals surface area contributed by atoms with Gasteiger partial charge in [0.15, 0.2) is 0 Å². The van der Waals surface area contributed by atoms with E-state index in [4.69, 9.17) is 6.42 Å². The molecule has 1 aromatic rings. The van der Waals surface area contributed by atoms with Crippen molar-refractivity contribution in [2.75, 3.05) is 6.54 Å². The van der Waals surface area contributed by atoms with Crippen molar-refractivity contribution < 1.29 is 4.79 Å². The van der Waals surface area contributed by atoms with Crippen LogP contribution in [0.15, 0.2) is 17.5 Å². The number of amides is 1. The summed E-state index contributed by atoms with van der Waals surface area (Å²) in [5, 5.41) is 2.02. The molecule has 1 atom stereocenters. The second-order valence-corrected chi connectivity index (χ2v) is 4.45. The molecule has 0 aromatic carbocycles. The normalized spacial score (nSPS) is 21.2. The van der Waals surface area contributed by atoms with Gasteiger partial charge in [0, 0.05) is 23.8 Å². The minimum atomic E-state index is 0.113. The number of carbonyl (C=O) groups is 1. The number of nitrogens with zero attached hydrogens (tertiary/aromatic N) is 1. The van der Waals surface area contributed by atoms with Gasteiger partial charge in [0.05, 0.1) is 6.54 Å². The molecule has 1 amide bonds. The highest BCUT2D eigenvalue weighted by atomic mass is 32.1. The Balaban J connectivity index is 2.00. The van der Waals surface area contributed by atoms with E-state index >= 15 is 0 Å². The highest BCUT2D eigenvalue weighted by Crippen LogP contribution is 2.20. The maximum absolute atomic E-state index is 11.5. The van der Waals surface area contributed by atoms with Gasteiger partial charge in [-0.2, -0.15) is 0 Å². The summed E-state index contributed by atoms with van der Waals surface area (Å²) in [6.07, 6.45) is 5.82. The third-order valence-electron chi connectivity index (χ3n) is 2.38. The van der Waals surface area contributed by atoms with Gasteiger partial charge < -0.3 is 4.90 Å². The monoisotopic (exact) mass is 205 g/mol. The van der Waals surface area contributed by atoms with Crippen molar-refractivity contribution in [2.45, 2.75) is 13.0 Å². The molecule has 72 valence electrons. The van der Waals surface area contributed by atoms with Gasteiger partial charge >= 0.3 is 0 Å². The van der Waals surface area contributed by atoms with Crippen molar-refractivity contribution in [3.05, 3.63) is 22.4 Å². The van der Waals surface area contributed by atoms with E-state index in [1.165, 1.54) is 4.88 Å². The zero-order valence-corrected chi connectivity index (χ0v) is 8.59. The molecule has 2 heterocycles. The van der Waals surface area contributed by atoms with E-state index < -0.39 is 0 Å². The molecule has 1 aromatic heterocycles. The van der Waals surface area contributed by atoms with Crippen LogP contribution in [0.2, 0.25) is 0 Å². The first kappa shape index (κ1) is 9.29. The first-order chi connectivity index (χ1) is 6.79. The number of hydrogen-bond acceptors (Lipinski definition) is 2. The molecule has 0 radical (unpaired) electrons. The molecule has 1 fully saturated rings. The topological polar surface area (TPSA) is 20.3 Å². The van der Waals surface area contributed by atoms with Crippen molar-refractivity contribution >= 4 is 17.2 Å². The average molecular weight is 205 g/mol. The Labute approximate surface area is 87.5 Å². The quantitative estimate of drug-likeness (QED) is 0.673. The van der Waals surface area contributed by atoms with Crippen molar-refractivity contribution in [2.24, 2.45) is 5.92 Å². The van der Waals surface area contributed by atoms with E-state index in [2.05, 4.69) is 5.92 Å². The highest BCUT2D eigenvalue weighted by molar-refractivity contribution is 7.09. The molecule has 3 heteroatoms. The van der Waals surface area contributed by atoms with Crippen LogP contribution in [0.25, 0.3) is 0 Å². The van der Waals surface area contributed by atoms with Crippen LogP contribution in [0, 0.1) is 18.3 Å². The fourth-order valence-corrected chi connectivity index (χ4v) is 2.35. The Morgan fingerprint density at radius 1 is 1.71 bits per heavy atom. The summed E-state index contributed by atoms with van der Waals surface area (Å²) in [7, 11) is 0. The Kier molecular flexibility index (Phi) is 2.55. The van der Waals surface area contributed by atoms with E-state index in [1.807, 2.05) is 22.4 Å². The summed E-state index contributed by atoms with van der Waals surface area (Å²) in [5.41, 5.74) is 0. The van der Waals surface area contributed by atoms with Crippen molar-refractivity contribution in [3.63, 3.8) is 0 Å². The molecule has 0 N–H and O–H groups in total. The van der Waals surface area contributed by atoms with Crippen LogP contribution in [-0.4, -0.2) is 17.4 Å². The summed E-state index contributed by atoms with van der Waals surface area (Å²) in [6, 6.07) is 4.04. The Hall–Kier alpha value is -1.27. The minimum Gasteiger partial charge on any atom is -0.336 e. The van der Waals surface area contributed by atoms with Crippen LogP contribution in [0.5, 0.6) is 0 Å². The van der Waals surface area contributed by atoms with Gasteiger partial charge in [-0.05, 0) is 11.4 Å². The zero-order valence-electron chi connectivity index (χ0n) is 7.77. The third kappa shape index (κ3) is 1.80. The average Bonchev–Trinajstić information content (AvgIpc) is 2.78. The van der Waals surface area contributed by atoms with Gasteiger partial charge in [0.1, 0.15) is 0 Å². The molecular formula is C11H11NOS. The summed E-state index contributed by atoms with van der Waals surface area (Å²) in [6.45, 7) is 1.43. The summed E-state index contributed by atoms with van der Waals surface area (Å²) in [5.74, 6) is 2.94. The largest absolute Gasteiger partial charge is 0.336 e. The van der Waals surface area contributed by atoms with Crippen LogP contribution in [0.4, 0.5) is 0 Å². The highest BCUT2D eigenvalue weighted by Gasteiger charge is 2.28. The Bertz CT molecular complexity index is 363. The zero-order chi connectivity index (χ0) is 9.97. The maximum Gasteiger partial charge on any atom is 0.224 e. The van der Waals surface area contributed by atoms with Gasteiger partial charge in [-0.15, -0.1) is 23.7 Å². The van der Waals surface area contributed by atoms with Crippen LogP contribution in [-0.2, 0) is 11.3 Å². The lowest BCUT2D eigenvalue weighted by atomic mass is 10.1. The van der Waals surface area contributed by atoms with Gasteiger partial charge in [-0.3, -0.25) is 4.79 Å². The SMILES string of the molecule is C#CC1CC(=O)N(Cc2cccs2)C1. The lowest BCUT2D eigenvalue weighted by Gasteiger charge is -2.13. The van der Waals surface area contributed by atoms with Gasteiger partial charge in [-0.25, -0.2) is 0 Å². The molecule has 2 rings (SSSR count). The molecule has 0 aliphatic carbocycles. The molecule has 0 bridgehead atoms. The minimum absolute atomic E-state index is 0.113. The number of rotatable bonds is 2. The van der Waals surface area contributed by atoms with Crippen LogP contribution in [0.3, 0.4) is 0 Å². The number of likely N-dealkylation sites (tertiary alicyclic amines) is 1. The van der Waals surface area contributed by atoms with Gasteiger partial charge in [0.2, 0.25) is 5.91 Å². The molecule has 0 saturated carbocycles. The van der Waals surface area contributed by atoms with Crippen LogP contribution < -0.4 is 0 Å². The van der Waals surface area contributed by atoms with E-state index in [9.17, 15) is 4.79 Å². The van der Waals surface area contributed by atoms with Crippen molar-refractivity contribution in [1.82, 2.24) is 4.90 Å². The number of terminal acetylenes is 1. The predicted octanol–water partition coefficient (Wildman–Crippen LogP) is 1.73. The van der Waals surface area contributed by atoms with E-state index in [0.29, 0.717) is 19.5 Å². The van der Waals surface area contributed by atoms with E-state index in [1.54, 1.807) is 11.3 Å². The smallest absolute Gasteiger partial charge is 0.224 e. The molecular weight excluding hydrogens is 194 g/mol. The molecule has 14 heavy (non-hydrogen) atoms. The van der Waals surface area contributed by atoms with E-state index in [0.717, 1.165) is 0 Å².